The SMILES string of the molecule is CSCCC(NC(=O)C(Cc1ccc(O)cc1)NC(=O)C(N)CC(N)=O)C(=O)NC(Cc1ccccc1)C(=O)O. The molecule has 2 aromatic rings. The lowest BCUT2D eigenvalue weighted by Crippen LogP contribution is -2.58. The van der Waals surface area contributed by atoms with E-state index in [1.165, 1.54) is 23.9 Å². The zero-order chi connectivity index (χ0) is 29.7. The van der Waals surface area contributed by atoms with E-state index in [-0.39, 0.29) is 25.0 Å². The van der Waals surface area contributed by atoms with Crippen LogP contribution in [-0.2, 0) is 36.8 Å². The number of phenolic OH excluding ortho intramolecular Hbond substituents is 1. The fourth-order valence-electron chi connectivity index (χ4n) is 3.76. The summed E-state index contributed by atoms with van der Waals surface area (Å²) >= 11 is 1.43. The predicted molar refractivity (Wildman–Crippen MR) is 150 cm³/mol. The van der Waals surface area contributed by atoms with Crippen molar-refractivity contribution in [2.24, 2.45) is 11.5 Å². The van der Waals surface area contributed by atoms with Crippen molar-refractivity contribution in [2.45, 2.75) is 49.9 Å². The van der Waals surface area contributed by atoms with Crippen LogP contribution in [0.3, 0.4) is 0 Å². The van der Waals surface area contributed by atoms with Crippen LogP contribution in [0, 0.1) is 0 Å². The minimum Gasteiger partial charge on any atom is -0.508 e. The van der Waals surface area contributed by atoms with Crippen molar-refractivity contribution >= 4 is 41.4 Å². The number of hydrogen-bond acceptors (Lipinski definition) is 8. The fourth-order valence-corrected chi connectivity index (χ4v) is 4.24. The van der Waals surface area contributed by atoms with Crippen LogP contribution in [0.4, 0.5) is 0 Å². The summed E-state index contributed by atoms with van der Waals surface area (Å²) in [4.78, 5) is 62.2. The first-order valence-electron chi connectivity index (χ1n) is 12.5. The summed E-state index contributed by atoms with van der Waals surface area (Å²) < 4.78 is 0. The van der Waals surface area contributed by atoms with E-state index >= 15 is 0 Å². The Morgan fingerprint density at radius 3 is 1.90 bits per heavy atom. The molecule has 0 heterocycles. The maximum Gasteiger partial charge on any atom is 0.326 e. The minimum atomic E-state index is -1.29. The summed E-state index contributed by atoms with van der Waals surface area (Å²) in [5.74, 6) is -3.73. The van der Waals surface area contributed by atoms with E-state index in [1.54, 1.807) is 42.5 Å². The number of amides is 4. The Labute approximate surface area is 236 Å². The largest absolute Gasteiger partial charge is 0.508 e. The zero-order valence-corrected chi connectivity index (χ0v) is 22.9. The molecule has 0 aromatic heterocycles. The second-order valence-electron chi connectivity index (χ2n) is 9.14. The lowest BCUT2D eigenvalue weighted by Gasteiger charge is -2.25. The molecular formula is C27H35N5O7S. The molecule has 40 heavy (non-hydrogen) atoms. The number of aliphatic carboxylic acids is 1. The van der Waals surface area contributed by atoms with Crippen LogP contribution in [-0.4, -0.2) is 76.0 Å². The van der Waals surface area contributed by atoms with Crippen LogP contribution in [0.2, 0.25) is 0 Å². The summed E-state index contributed by atoms with van der Waals surface area (Å²) in [5, 5.41) is 26.9. The second-order valence-corrected chi connectivity index (χ2v) is 10.1. The molecule has 9 N–H and O–H groups in total. The van der Waals surface area contributed by atoms with Crippen molar-refractivity contribution in [3.8, 4) is 5.75 Å². The molecule has 0 aliphatic rings. The minimum absolute atomic E-state index is 0.00885. The number of carbonyl (C=O) groups excluding carboxylic acids is 4. The monoisotopic (exact) mass is 573 g/mol. The van der Waals surface area contributed by atoms with Gasteiger partial charge in [-0.25, -0.2) is 4.79 Å². The molecule has 2 rings (SSSR count). The first-order chi connectivity index (χ1) is 19.0. The van der Waals surface area contributed by atoms with Crippen LogP contribution in [0.1, 0.15) is 24.0 Å². The third kappa shape index (κ3) is 10.9. The maximum atomic E-state index is 13.4. The number of carboxylic acid groups (broad SMARTS) is 1. The molecule has 0 bridgehead atoms. The maximum absolute atomic E-state index is 13.4. The lowest BCUT2D eigenvalue weighted by molar-refractivity contribution is -0.142. The number of phenols is 1. The normalized spacial score (nSPS) is 13.8. The predicted octanol–water partition coefficient (Wildman–Crippen LogP) is -0.328. The number of carbonyl (C=O) groups is 5. The van der Waals surface area contributed by atoms with Crippen molar-refractivity contribution in [3.05, 3.63) is 65.7 Å². The highest BCUT2D eigenvalue weighted by atomic mass is 32.2. The van der Waals surface area contributed by atoms with Gasteiger partial charge in [0.15, 0.2) is 0 Å². The van der Waals surface area contributed by atoms with E-state index in [2.05, 4.69) is 16.0 Å². The Bertz CT molecular complexity index is 1160. The molecule has 0 saturated heterocycles. The van der Waals surface area contributed by atoms with E-state index in [1.807, 2.05) is 6.26 Å². The van der Waals surface area contributed by atoms with Gasteiger partial charge in [0.25, 0.3) is 0 Å². The van der Waals surface area contributed by atoms with Crippen LogP contribution in [0.15, 0.2) is 54.6 Å². The van der Waals surface area contributed by atoms with Gasteiger partial charge < -0.3 is 37.6 Å². The van der Waals surface area contributed by atoms with E-state index in [9.17, 15) is 34.2 Å². The Morgan fingerprint density at radius 1 is 0.800 bits per heavy atom. The van der Waals surface area contributed by atoms with Gasteiger partial charge in [0.1, 0.15) is 23.9 Å². The van der Waals surface area contributed by atoms with Crippen LogP contribution >= 0.6 is 11.8 Å². The van der Waals surface area contributed by atoms with Crippen molar-refractivity contribution in [1.82, 2.24) is 16.0 Å². The van der Waals surface area contributed by atoms with Gasteiger partial charge in [0.2, 0.25) is 23.6 Å². The average Bonchev–Trinajstić information content (AvgIpc) is 2.91. The highest BCUT2D eigenvalue weighted by molar-refractivity contribution is 7.98. The van der Waals surface area contributed by atoms with Crippen LogP contribution in [0.25, 0.3) is 0 Å². The molecule has 13 heteroatoms. The van der Waals surface area contributed by atoms with Crippen LogP contribution < -0.4 is 27.4 Å². The number of hydrogen-bond donors (Lipinski definition) is 7. The number of rotatable bonds is 16. The molecule has 4 atom stereocenters. The number of benzene rings is 2. The van der Waals surface area contributed by atoms with E-state index in [0.717, 1.165) is 0 Å². The number of carboxylic acids is 1. The van der Waals surface area contributed by atoms with Gasteiger partial charge in [0.05, 0.1) is 12.5 Å². The topological polar surface area (TPSA) is 214 Å². The smallest absolute Gasteiger partial charge is 0.326 e. The zero-order valence-electron chi connectivity index (χ0n) is 22.0. The molecule has 12 nitrogen and oxygen atoms in total. The number of aromatic hydroxyl groups is 1. The molecule has 4 amide bonds. The van der Waals surface area contributed by atoms with Gasteiger partial charge in [-0.1, -0.05) is 42.5 Å². The first-order valence-corrected chi connectivity index (χ1v) is 13.9. The summed E-state index contributed by atoms with van der Waals surface area (Å²) in [5.41, 5.74) is 12.2. The fraction of sp³-hybridized carbons (Fsp3) is 0.370. The van der Waals surface area contributed by atoms with Gasteiger partial charge in [-0.3, -0.25) is 19.2 Å². The summed E-state index contributed by atoms with van der Waals surface area (Å²) in [7, 11) is 0. The lowest BCUT2D eigenvalue weighted by atomic mass is 10.0. The average molecular weight is 574 g/mol. The standard InChI is InChI=1S/C27H35N5O7S/c1-40-12-11-20(25(36)32-22(27(38)39)14-16-5-3-2-4-6-16)30-26(37)21(13-17-7-9-18(33)10-8-17)31-24(35)19(28)15-23(29)34/h2-10,19-22,33H,11-15,28H2,1H3,(H2,29,34)(H,30,37)(H,31,35)(H,32,36)(H,38,39). The molecule has 0 aliphatic carbocycles. The van der Waals surface area contributed by atoms with Gasteiger partial charge in [-0.05, 0) is 41.7 Å². The Kier molecular flexibility index (Phi) is 12.9. The van der Waals surface area contributed by atoms with Gasteiger partial charge in [-0.15, -0.1) is 0 Å². The number of nitrogens with one attached hydrogen (secondary N) is 3. The van der Waals surface area contributed by atoms with Crippen molar-refractivity contribution in [2.75, 3.05) is 12.0 Å². The Hall–Kier alpha value is -4.10. The van der Waals surface area contributed by atoms with E-state index in [4.69, 9.17) is 11.5 Å². The highest BCUT2D eigenvalue weighted by Gasteiger charge is 2.30. The van der Waals surface area contributed by atoms with Gasteiger partial charge >= 0.3 is 5.97 Å². The van der Waals surface area contributed by atoms with E-state index in [0.29, 0.717) is 16.9 Å². The Morgan fingerprint density at radius 2 is 1.32 bits per heavy atom. The van der Waals surface area contributed by atoms with Crippen molar-refractivity contribution < 1.29 is 34.2 Å². The van der Waals surface area contributed by atoms with E-state index < -0.39 is 60.2 Å². The molecular weight excluding hydrogens is 538 g/mol. The van der Waals surface area contributed by atoms with Crippen molar-refractivity contribution in [1.29, 1.82) is 0 Å². The summed E-state index contributed by atoms with van der Waals surface area (Å²) in [6, 6.07) is 9.91. The molecule has 0 aliphatic heterocycles. The van der Waals surface area contributed by atoms with Gasteiger partial charge in [0, 0.05) is 12.8 Å². The third-order valence-corrected chi connectivity index (χ3v) is 6.55. The molecule has 4 unspecified atom stereocenters. The number of thioether (sulfide) groups is 1. The first kappa shape index (κ1) is 32.1. The number of nitrogens with two attached hydrogens (primary N) is 2. The molecule has 0 saturated carbocycles. The molecule has 0 spiro atoms. The number of primary amides is 1. The molecule has 2 aromatic carbocycles. The van der Waals surface area contributed by atoms with Crippen LogP contribution in [0.5, 0.6) is 5.75 Å². The molecule has 0 fully saturated rings. The quantitative estimate of drug-likeness (QED) is 0.140. The molecule has 216 valence electrons. The Balaban J connectivity index is 2.22. The second kappa shape index (κ2) is 16.1. The highest BCUT2D eigenvalue weighted by Crippen LogP contribution is 2.12. The van der Waals surface area contributed by atoms with Crippen molar-refractivity contribution in [3.63, 3.8) is 0 Å². The summed E-state index contributed by atoms with van der Waals surface area (Å²) in [6.07, 6.45) is 1.60. The third-order valence-electron chi connectivity index (χ3n) is 5.91. The molecule has 0 radical (unpaired) electrons. The summed E-state index contributed by atoms with van der Waals surface area (Å²) in [6.45, 7) is 0. The van der Waals surface area contributed by atoms with Gasteiger partial charge in [-0.2, -0.15) is 11.8 Å².